The van der Waals surface area contributed by atoms with Crippen molar-refractivity contribution in [3.8, 4) is 0 Å². The molecule has 0 aliphatic carbocycles. The van der Waals surface area contributed by atoms with Gasteiger partial charge in [-0.3, -0.25) is 0 Å². The standard InChI is InChI=1S/C14H23NO/c1-2-3-7-10-15-14(12-16)11-13-8-5-4-6-9-13/h4-6,8-9,14-16H,2-3,7,10-12H2,1H3/t14-/m0/s1. The van der Waals surface area contributed by atoms with Gasteiger partial charge in [-0.05, 0) is 24.9 Å². The third kappa shape index (κ3) is 5.29. The smallest absolute Gasteiger partial charge is 0.0587 e. The third-order valence-electron chi connectivity index (χ3n) is 2.76. The van der Waals surface area contributed by atoms with Gasteiger partial charge in [0.05, 0.1) is 6.61 Å². The van der Waals surface area contributed by atoms with Crippen molar-refractivity contribution in [2.75, 3.05) is 13.2 Å². The van der Waals surface area contributed by atoms with Crippen LogP contribution in [-0.2, 0) is 6.42 Å². The van der Waals surface area contributed by atoms with Gasteiger partial charge in [-0.2, -0.15) is 0 Å². The van der Waals surface area contributed by atoms with Crippen LogP contribution in [0.4, 0.5) is 0 Å². The van der Waals surface area contributed by atoms with Crippen LogP contribution in [0.2, 0.25) is 0 Å². The van der Waals surface area contributed by atoms with Crippen LogP contribution in [0.1, 0.15) is 31.7 Å². The van der Waals surface area contributed by atoms with Crippen LogP contribution in [0.15, 0.2) is 30.3 Å². The largest absolute Gasteiger partial charge is 0.395 e. The molecule has 2 N–H and O–H groups in total. The summed E-state index contributed by atoms with van der Waals surface area (Å²) in [5.41, 5.74) is 1.28. The molecular formula is C14H23NO. The maximum absolute atomic E-state index is 9.28. The second-order valence-electron chi connectivity index (χ2n) is 4.23. The molecule has 0 saturated carbocycles. The molecular weight excluding hydrogens is 198 g/mol. The van der Waals surface area contributed by atoms with E-state index in [-0.39, 0.29) is 12.6 Å². The number of benzene rings is 1. The highest BCUT2D eigenvalue weighted by molar-refractivity contribution is 5.15. The van der Waals surface area contributed by atoms with E-state index in [0.29, 0.717) is 0 Å². The molecule has 0 aliphatic heterocycles. The van der Waals surface area contributed by atoms with E-state index in [1.165, 1.54) is 24.8 Å². The summed E-state index contributed by atoms with van der Waals surface area (Å²) in [5, 5.41) is 12.7. The zero-order valence-electron chi connectivity index (χ0n) is 10.2. The lowest BCUT2D eigenvalue weighted by atomic mass is 10.1. The molecule has 0 fully saturated rings. The minimum absolute atomic E-state index is 0.194. The van der Waals surface area contributed by atoms with E-state index in [1.54, 1.807) is 0 Å². The first-order valence-corrected chi connectivity index (χ1v) is 6.25. The quantitative estimate of drug-likeness (QED) is 0.661. The van der Waals surface area contributed by atoms with Crippen molar-refractivity contribution in [1.29, 1.82) is 0 Å². The lowest BCUT2D eigenvalue weighted by Crippen LogP contribution is -2.35. The molecule has 90 valence electrons. The van der Waals surface area contributed by atoms with Gasteiger partial charge >= 0.3 is 0 Å². The van der Waals surface area contributed by atoms with Crippen LogP contribution in [-0.4, -0.2) is 24.3 Å². The highest BCUT2D eigenvalue weighted by Crippen LogP contribution is 2.03. The zero-order chi connectivity index (χ0) is 11.6. The summed E-state index contributed by atoms with van der Waals surface area (Å²) in [7, 11) is 0. The molecule has 1 rings (SSSR count). The van der Waals surface area contributed by atoms with Crippen molar-refractivity contribution in [2.45, 2.75) is 38.6 Å². The van der Waals surface area contributed by atoms with Crippen LogP contribution >= 0.6 is 0 Å². The number of hydrogen-bond acceptors (Lipinski definition) is 2. The summed E-state index contributed by atoms with van der Waals surface area (Å²) >= 11 is 0. The Hall–Kier alpha value is -0.860. The second-order valence-corrected chi connectivity index (χ2v) is 4.23. The molecule has 0 bridgehead atoms. The fourth-order valence-electron chi connectivity index (χ4n) is 1.78. The van der Waals surface area contributed by atoms with Crippen molar-refractivity contribution in [2.24, 2.45) is 0 Å². The Morgan fingerprint density at radius 2 is 1.94 bits per heavy atom. The van der Waals surface area contributed by atoms with E-state index in [1.807, 2.05) is 18.2 Å². The van der Waals surface area contributed by atoms with E-state index < -0.39 is 0 Å². The zero-order valence-corrected chi connectivity index (χ0v) is 10.2. The SMILES string of the molecule is CCCCCN[C@H](CO)Cc1ccccc1. The van der Waals surface area contributed by atoms with Gasteiger partial charge in [-0.1, -0.05) is 50.1 Å². The number of aliphatic hydroxyl groups is 1. The van der Waals surface area contributed by atoms with Gasteiger partial charge in [0.25, 0.3) is 0 Å². The Balaban J connectivity index is 2.26. The van der Waals surface area contributed by atoms with Crippen molar-refractivity contribution in [3.63, 3.8) is 0 Å². The number of unbranched alkanes of at least 4 members (excludes halogenated alkanes) is 2. The maximum atomic E-state index is 9.28. The van der Waals surface area contributed by atoms with Gasteiger partial charge in [0.2, 0.25) is 0 Å². The molecule has 1 atom stereocenters. The first-order valence-electron chi connectivity index (χ1n) is 6.25. The average molecular weight is 221 g/mol. The summed E-state index contributed by atoms with van der Waals surface area (Å²) < 4.78 is 0. The number of hydrogen-bond donors (Lipinski definition) is 2. The Morgan fingerprint density at radius 1 is 1.19 bits per heavy atom. The Labute approximate surface area is 98.7 Å². The lowest BCUT2D eigenvalue weighted by Gasteiger charge is -2.16. The van der Waals surface area contributed by atoms with E-state index >= 15 is 0 Å². The first-order chi connectivity index (χ1) is 7.86. The van der Waals surface area contributed by atoms with Crippen molar-refractivity contribution < 1.29 is 5.11 Å². The third-order valence-corrected chi connectivity index (χ3v) is 2.76. The number of aliphatic hydroxyl groups excluding tert-OH is 1. The van der Waals surface area contributed by atoms with Crippen LogP contribution in [0.25, 0.3) is 0 Å². The van der Waals surface area contributed by atoms with E-state index in [9.17, 15) is 5.11 Å². The first kappa shape index (κ1) is 13.2. The summed E-state index contributed by atoms with van der Waals surface area (Å²) in [6.07, 6.45) is 4.60. The summed E-state index contributed by atoms with van der Waals surface area (Å²) in [6.45, 7) is 3.42. The summed E-state index contributed by atoms with van der Waals surface area (Å²) in [4.78, 5) is 0. The van der Waals surface area contributed by atoms with Crippen LogP contribution in [0.5, 0.6) is 0 Å². The Bertz CT molecular complexity index is 261. The molecule has 16 heavy (non-hydrogen) atoms. The Morgan fingerprint density at radius 3 is 2.56 bits per heavy atom. The predicted octanol–water partition coefficient (Wildman–Crippen LogP) is 2.37. The van der Waals surface area contributed by atoms with E-state index in [4.69, 9.17) is 0 Å². The monoisotopic (exact) mass is 221 g/mol. The van der Waals surface area contributed by atoms with Gasteiger partial charge in [-0.25, -0.2) is 0 Å². The molecule has 2 heteroatoms. The molecule has 0 amide bonds. The second kappa shape index (κ2) is 8.31. The Kier molecular flexibility index (Phi) is 6.86. The highest BCUT2D eigenvalue weighted by Gasteiger charge is 2.06. The average Bonchev–Trinajstić information content (AvgIpc) is 2.34. The molecule has 0 saturated heterocycles. The fourth-order valence-corrected chi connectivity index (χ4v) is 1.78. The van der Waals surface area contributed by atoms with E-state index in [0.717, 1.165) is 13.0 Å². The minimum atomic E-state index is 0.194. The predicted molar refractivity (Wildman–Crippen MR) is 68.5 cm³/mol. The van der Waals surface area contributed by atoms with Crippen molar-refractivity contribution in [3.05, 3.63) is 35.9 Å². The van der Waals surface area contributed by atoms with Crippen LogP contribution < -0.4 is 5.32 Å². The molecule has 0 radical (unpaired) electrons. The fraction of sp³-hybridized carbons (Fsp3) is 0.571. The van der Waals surface area contributed by atoms with Gasteiger partial charge in [0, 0.05) is 6.04 Å². The molecule has 0 aliphatic rings. The molecule has 1 aromatic carbocycles. The van der Waals surface area contributed by atoms with Crippen molar-refractivity contribution in [1.82, 2.24) is 5.32 Å². The topological polar surface area (TPSA) is 32.3 Å². The summed E-state index contributed by atoms with van der Waals surface area (Å²) in [5.74, 6) is 0. The van der Waals surface area contributed by atoms with E-state index in [2.05, 4.69) is 24.4 Å². The van der Waals surface area contributed by atoms with Crippen molar-refractivity contribution >= 4 is 0 Å². The molecule has 0 heterocycles. The van der Waals surface area contributed by atoms with Crippen LogP contribution in [0, 0.1) is 0 Å². The molecule has 2 nitrogen and oxygen atoms in total. The van der Waals surface area contributed by atoms with Crippen LogP contribution in [0.3, 0.4) is 0 Å². The lowest BCUT2D eigenvalue weighted by molar-refractivity contribution is 0.241. The molecule has 1 aromatic rings. The minimum Gasteiger partial charge on any atom is -0.395 e. The van der Waals surface area contributed by atoms with Gasteiger partial charge in [0.15, 0.2) is 0 Å². The summed E-state index contributed by atoms with van der Waals surface area (Å²) in [6, 6.07) is 10.5. The number of rotatable bonds is 8. The maximum Gasteiger partial charge on any atom is 0.0587 e. The highest BCUT2D eigenvalue weighted by atomic mass is 16.3. The molecule has 0 spiro atoms. The molecule has 0 aromatic heterocycles. The number of nitrogens with one attached hydrogen (secondary N) is 1. The molecule has 0 unspecified atom stereocenters. The van der Waals surface area contributed by atoms with Gasteiger partial charge in [0.1, 0.15) is 0 Å². The normalized spacial score (nSPS) is 12.6. The van der Waals surface area contributed by atoms with Gasteiger partial charge in [-0.15, -0.1) is 0 Å². The van der Waals surface area contributed by atoms with Gasteiger partial charge < -0.3 is 10.4 Å².